The molecule has 0 aliphatic heterocycles. The summed E-state index contributed by atoms with van der Waals surface area (Å²) in [6, 6.07) is 3.85. The summed E-state index contributed by atoms with van der Waals surface area (Å²) in [5, 5.41) is 17.7. The van der Waals surface area contributed by atoms with E-state index in [0.29, 0.717) is 18.9 Å². The zero-order valence-corrected chi connectivity index (χ0v) is 13.4. The molecular weight excluding hydrogens is 272 g/mol. The van der Waals surface area contributed by atoms with Gasteiger partial charge < -0.3 is 15.7 Å². The molecule has 0 saturated carbocycles. The maximum atomic E-state index is 11.6. The van der Waals surface area contributed by atoms with Gasteiger partial charge in [-0.05, 0) is 43.6 Å². The van der Waals surface area contributed by atoms with Crippen LogP contribution in [-0.4, -0.2) is 29.8 Å². The van der Waals surface area contributed by atoms with Crippen LogP contribution in [0.3, 0.4) is 0 Å². The molecule has 1 rings (SSSR count). The van der Waals surface area contributed by atoms with E-state index in [1.165, 1.54) is 4.88 Å². The molecule has 1 aromatic heterocycles. The SMILES string of the molecule is CC(C)CCC(C)(O)CNC(=O)NCCc1cccs1. The zero-order chi connectivity index (χ0) is 15.0. The summed E-state index contributed by atoms with van der Waals surface area (Å²) in [5.74, 6) is 0.557. The molecule has 0 spiro atoms. The van der Waals surface area contributed by atoms with Crippen LogP contribution < -0.4 is 10.6 Å². The molecule has 0 radical (unpaired) electrons. The fourth-order valence-corrected chi connectivity index (χ4v) is 2.48. The fourth-order valence-electron chi connectivity index (χ4n) is 1.78. The summed E-state index contributed by atoms with van der Waals surface area (Å²) in [6.07, 6.45) is 2.49. The lowest BCUT2D eigenvalue weighted by atomic mass is 9.95. The third kappa shape index (κ3) is 7.50. The highest BCUT2D eigenvalue weighted by molar-refractivity contribution is 7.09. The first-order chi connectivity index (χ1) is 9.39. The third-order valence-corrected chi connectivity index (χ3v) is 4.06. The molecule has 5 heteroatoms. The van der Waals surface area contributed by atoms with Crippen molar-refractivity contribution in [2.45, 2.75) is 45.6 Å². The number of carbonyl (C=O) groups is 1. The molecule has 1 unspecified atom stereocenters. The minimum absolute atomic E-state index is 0.216. The van der Waals surface area contributed by atoms with E-state index in [1.807, 2.05) is 11.4 Å². The van der Waals surface area contributed by atoms with E-state index in [1.54, 1.807) is 18.3 Å². The first kappa shape index (κ1) is 17.0. The highest BCUT2D eigenvalue weighted by Gasteiger charge is 2.21. The lowest BCUT2D eigenvalue weighted by Gasteiger charge is -2.24. The van der Waals surface area contributed by atoms with Gasteiger partial charge in [0.2, 0.25) is 0 Å². The number of hydrogen-bond acceptors (Lipinski definition) is 3. The molecule has 2 amide bonds. The second-order valence-corrected chi connectivity index (χ2v) is 6.90. The van der Waals surface area contributed by atoms with Gasteiger partial charge in [0.05, 0.1) is 5.60 Å². The number of rotatable bonds is 8. The van der Waals surface area contributed by atoms with Gasteiger partial charge in [-0.25, -0.2) is 4.79 Å². The fraction of sp³-hybridized carbons (Fsp3) is 0.667. The Balaban J connectivity index is 2.15. The quantitative estimate of drug-likeness (QED) is 0.691. The predicted molar refractivity (Wildman–Crippen MR) is 84.1 cm³/mol. The standard InChI is InChI=1S/C15H26N2O2S/c1-12(2)6-8-15(3,19)11-17-14(18)16-9-7-13-5-4-10-20-13/h4-5,10,12,19H,6-9,11H2,1-3H3,(H2,16,17,18). The molecular formula is C15H26N2O2S. The van der Waals surface area contributed by atoms with Crippen LogP contribution in [0.4, 0.5) is 4.79 Å². The average molecular weight is 298 g/mol. The highest BCUT2D eigenvalue weighted by Crippen LogP contribution is 2.15. The molecule has 0 aliphatic carbocycles. The molecule has 1 aromatic rings. The second kappa shape index (κ2) is 8.27. The Labute approximate surface area is 125 Å². The molecule has 1 atom stereocenters. The van der Waals surface area contributed by atoms with E-state index in [2.05, 4.69) is 30.5 Å². The van der Waals surface area contributed by atoms with Crippen molar-refractivity contribution in [1.82, 2.24) is 10.6 Å². The van der Waals surface area contributed by atoms with Gasteiger partial charge in [0.25, 0.3) is 0 Å². The topological polar surface area (TPSA) is 61.4 Å². The van der Waals surface area contributed by atoms with Crippen molar-refractivity contribution in [3.63, 3.8) is 0 Å². The molecule has 114 valence electrons. The van der Waals surface area contributed by atoms with Crippen LogP contribution in [0.5, 0.6) is 0 Å². The zero-order valence-electron chi connectivity index (χ0n) is 12.6. The van der Waals surface area contributed by atoms with Crippen molar-refractivity contribution in [1.29, 1.82) is 0 Å². The molecule has 0 aliphatic rings. The largest absolute Gasteiger partial charge is 0.388 e. The van der Waals surface area contributed by atoms with E-state index in [-0.39, 0.29) is 12.6 Å². The molecule has 20 heavy (non-hydrogen) atoms. The maximum Gasteiger partial charge on any atom is 0.314 e. The lowest BCUT2D eigenvalue weighted by molar-refractivity contribution is 0.0477. The number of carbonyl (C=O) groups excluding carboxylic acids is 1. The molecule has 0 bridgehead atoms. The number of thiophene rings is 1. The minimum atomic E-state index is -0.838. The Hall–Kier alpha value is -1.07. The van der Waals surface area contributed by atoms with Gasteiger partial charge in [0.1, 0.15) is 0 Å². The lowest BCUT2D eigenvalue weighted by Crippen LogP contribution is -2.45. The van der Waals surface area contributed by atoms with Gasteiger partial charge >= 0.3 is 6.03 Å². The first-order valence-electron chi connectivity index (χ1n) is 7.15. The summed E-state index contributed by atoms with van der Waals surface area (Å²) >= 11 is 1.69. The first-order valence-corrected chi connectivity index (χ1v) is 8.03. The minimum Gasteiger partial charge on any atom is -0.388 e. The summed E-state index contributed by atoms with van der Waals surface area (Å²) in [7, 11) is 0. The molecule has 4 nitrogen and oxygen atoms in total. The van der Waals surface area contributed by atoms with Crippen LogP contribution in [0.25, 0.3) is 0 Å². The maximum absolute atomic E-state index is 11.6. The Morgan fingerprint density at radius 3 is 2.80 bits per heavy atom. The van der Waals surface area contributed by atoms with Crippen LogP contribution in [0.2, 0.25) is 0 Å². The molecule has 3 N–H and O–H groups in total. The van der Waals surface area contributed by atoms with Crippen LogP contribution in [0.1, 0.15) is 38.5 Å². The average Bonchev–Trinajstić information content (AvgIpc) is 2.87. The summed E-state index contributed by atoms with van der Waals surface area (Å²) in [5.41, 5.74) is -0.838. The van der Waals surface area contributed by atoms with Crippen molar-refractivity contribution < 1.29 is 9.90 Å². The Morgan fingerprint density at radius 1 is 1.45 bits per heavy atom. The van der Waals surface area contributed by atoms with Gasteiger partial charge in [-0.1, -0.05) is 19.9 Å². The van der Waals surface area contributed by atoms with Crippen LogP contribution in [0.15, 0.2) is 17.5 Å². The highest BCUT2D eigenvalue weighted by atomic mass is 32.1. The van der Waals surface area contributed by atoms with E-state index in [0.717, 1.165) is 12.8 Å². The Morgan fingerprint density at radius 2 is 2.20 bits per heavy atom. The number of urea groups is 1. The molecule has 0 fully saturated rings. The van der Waals surface area contributed by atoms with E-state index >= 15 is 0 Å². The Kier molecular flexibility index (Phi) is 7.02. The van der Waals surface area contributed by atoms with E-state index in [4.69, 9.17) is 0 Å². The Bertz CT molecular complexity index is 389. The molecule has 1 heterocycles. The van der Waals surface area contributed by atoms with Crippen molar-refractivity contribution in [2.75, 3.05) is 13.1 Å². The number of hydrogen-bond donors (Lipinski definition) is 3. The predicted octanol–water partition coefficient (Wildman–Crippen LogP) is 2.78. The smallest absolute Gasteiger partial charge is 0.314 e. The van der Waals surface area contributed by atoms with Gasteiger partial charge in [-0.3, -0.25) is 0 Å². The van der Waals surface area contributed by atoms with Gasteiger partial charge in [-0.2, -0.15) is 0 Å². The van der Waals surface area contributed by atoms with Crippen molar-refractivity contribution in [3.8, 4) is 0 Å². The van der Waals surface area contributed by atoms with Crippen LogP contribution in [-0.2, 0) is 6.42 Å². The second-order valence-electron chi connectivity index (χ2n) is 5.87. The van der Waals surface area contributed by atoms with Crippen molar-refractivity contribution in [3.05, 3.63) is 22.4 Å². The normalized spacial score (nSPS) is 14.1. The van der Waals surface area contributed by atoms with Gasteiger partial charge in [-0.15, -0.1) is 11.3 Å². The van der Waals surface area contributed by atoms with Crippen molar-refractivity contribution >= 4 is 17.4 Å². The summed E-state index contributed by atoms with van der Waals surface area (Å²) in [4.78, 5) is 12.9. The van der Waals surface area contributed by atoms with Crippen molar-refractivity contribution in [2.24, 2.45) is 5.92 Å². The number of aliphatic hydroxyl groups is 1. The van der Waals surface area contributed by atoms with E-state index in [9.17, 15) is 9.90 Å². The monoisotopic (exact) mass is 298 g/mol. The third-order valence-electron chi connectivity index (χ3n) is 3.13. The van der Waals surface area contributed by atoms with Gasteiger partial charge in [0, 0.05) is 18.0 Å². The summed E-state index contributed by atoms with van der Waals surface area (Å²) < 4.78 is 0. The van der Waals surface area contributed by atoms with Crippen LogP contribution >= 0.6 is 11.3 Å². The van der Waals surface area contributed by atoms with E-state index < -0.39 is 5.60 Å². The van der Waals surface area contributed by atoms with Crippen LogP contribution in [0, 0.1) is 5.92 Å². The number of amides is 2. The molecule has 0 aromatic carbocycles. The van der Waals surface area contributed by atoms with Gasteiger partial charge in [0.15, 0.2) is 0 Å². The number of nitrogens with one attached hydrogen (secondary N) is 2. The molecule has 0 saturated heterocycles. The summed E-state index contributed by atoms with van der Waals surface area (Å²) in [6.45, 7) is 6.91.